The van der Waals surface area contributed by atoms with Gasteiger partial charge in [-0.3, -0.25) is 0 Å². The first-order chi connectivity index (χ1) is 33.7. The lowest BCUT2D eigenvalue weighted by Gasteiger charge is -2.13. The number of para-hydroxylation sites is 2. The fraction of sp³-hybridized carbons (Fsp3) is 0. The van der Waals surface area contributed by atoms with Crippen LogP contribution in [0, 0.1) is 0 Å². The molecule has 0 atom stereocenters. The molecule has 0 radical (unpaired) electrons. The van der Waals surface area contributed by atoms with Crippen molar-refractivity contribution in [2.75, 3.05) is 0 Å². The molecule has 2 heteroatoms. The zero-order chi connectivity index (χ0) is 45.0. The molecule has 13 aromatic rings. The molecule has 13 rings (SSSR count). The summed E-state index contributed by atoms with van der Waals surface area (Å²) in [4.78, 5) is 0. The highest BCUT2D eigenvalue weighted by molar-refractivity contribution is 6.13. The van der Waals surface area contributed by atoms with Gasteiger partial charge in [0.1, 0.15) is 0 Å². The lowest BCUT2D eigenvalue weighted by Crippen LogP contribution is -1.94. The Morgan fingerprint density at radius 3 is 1.00 bits per heavy atom. The standard InChI is InChI=1S/C66H44N2/c1-4-16-45(17-5-1)49-22-14-23-50(38-49)51-24-15-25-58(42-51)68-64-29-13-11-27-60(64)62-44-53(33-37-66(62)68)52-32-36-65-61(43-52)59-26-10-12-28-63(59)67(65)57-34-30-48(31-35-57)56-40-54(46-18-6-2-7-19-46)39-55(41-56)47-20-8-3-9-21-47/h1-44H. The number of fused-ring (bicyclic) bond motifs is 6. The normalized spacial score (nSPS) is 11.5. The van der Waals surface area contributed by atoms with Gasteiger partial charge in [-0.25, -0.2) is 0 Å². The van der Waals surface area contributed by atoms with E-state index < -0.39 is 0 Å². The fourth-order valence-electron chi connectivity index (χ4n) is 10.4. The Labute approximate surface area is 395 Å². The molecular weight excluding hydrogens is 821 g/mol. The van der Waals surface area contributed by atoms with E-state index in [4.69, 9.17) is 0 Å². The molecule has 0 saturated heterocycles. The summed E-state index contributed by atoms with van der Waals surface area (Å²) in [7, 11) is 0. The first-order valence-electron chi connectivity index (χ1n) is 23.4. The van der Waals surface area contributed by atoms with E-state index in [0.29, 0.717) is 0 Å². The fourth-order valence-corrected chi connectivity index (χ4v) is 10.4. The smallest absolute Gasteiger partial charge is 0.0541 e. The molecule has 0 aliphatic heterocycles. The van der Waals surface area contributed by atoms with Crippen LogP contribution in [0.1, 0.15) is 0 Å². The van der Waals surface area contributed by atoms with Gasteiger partial charge in [0.05, 0.1) is 22.1 Å². The number of rotatable bonds is 8. The number of benzene rings is 11. The van der Waals surface area contributed by atoms with Crippen molar-refractivity contribution >= 4 is 43.6 Å². The number of nitrogens with zero attached hydrogens (tertiary/aromatic N) is 2. The number of hydrogen-bond acceptors (Lipinski definition) is 0. The first-order valence-corrected chi connectivity index (χ1v) is 23.4. The molecule has 0 saturated carbocycles. The summed E-state index contributed by atoms with van der Waals surface area (Å²) in [5.41, 5.74) is 21.5. The van der Waals surface area contributed by atoms with Crippen molar-refractivity contribution in [3.05, 3.63) is 267 Å². The van der Waals surface area contributed by atoms with Crippen LogP contribution in [-0.2, 0) is 0 Å². The molecule has 0 amide bonds. The Morgan fingerprint density at radius 1 is 0.162 bits per heavy atom. The van der Waals surface area contributed by atoms with E-state index in [1.807, 2.05) is 0 Å². The zero-order valence-corrected chi connectivity index (χ0v) is 37.3. The van der Waals surface area contributed by atoms with Crippen LogP contribution in [0.25, 0.3) is 122 Å². The Morgan fingerprint density at radius 2 is 0.485 bits per heavy atom. The topological polar surface area (TPSA) is 9.86 Å². The van der Waals surface area contributed by atoms with E-state index in [-0.39, 0.29) is 0 Å². The van der Waals surface area contributed by atoms with Crippen molar-refractivity contribution in [1.29, 1.82) is 0 Å². The van der Waals surface area contributed by atoms with Crippen LogP contribution < -0.4 is 0 Å². The lowest BCUT2D eigenvalue weighted by atomic mass is 9.93. The van der Waals surface area contributed by atoms with Gasteiger partial charge in [-0.2, -0.15) is 0 Å². The summed E-state index contributed by atoms with van der Waals surface area (Å²) in [5.74, 6) is 0. The van der Waals surface area contributed by atoms with E-state index in [1.165, 1.54) is 110 Å². The molecule has 0 fully saturated rings. The minimum atomic E-state index is 1.14. The average Bonchev–Trinajstić information content (AvgIpc) is 3.94. The maximum Gasteiger partial charge on any atom is 0.0541 e. The van der Waals surface area contributed by atoms with Crippen molar-refractivity contribution in [3.8, 4) is 78.1 Å². The Balaban J connectivity index is 0.872. The van der Waals surface area contributed by atoms with Gasteiger partial charge in [0.2, 0.25) is 0 Å². The summed E-state index contributed by atoms with van der Waals surface area (Å²) in [6.07, 6.45) is 0. The summed E-state index contributed by atoms with van der Waals surface area (Å²) in [6.45, 7) is 0. The highest BCUT2D eigenvalue weighted by atomic mass is 15.0. The molecule has 0 aliphatic rings. The molecule has 318 valence electrons. The van der Waals surface area contributed by atoms with Crippen LogP contribution in [0.4, 0.5) is 0 Å². The maximum absolute atomic E-state index is 2.42. The third-order valence-electron chi connectivity index (χ3n) is 13.7. The SMILES string of the molecule is c1ccc(-c2cccc(-c3cccc(-n4c5ccccc5c5cc(-c6ccc7c(c6)c6ccccc6n7-c6ccc(-c7cc(-c8ccccc8)cc(-c8ccccc8)c7)cc6)ccc54)c3)c2)cc1. The second kappa shape index (κ2) is 16.5. The van der Waals surface area contributed by atoms with Crippen LogP contribution >= 0.6 is 0 Å². The van der Waals surface area contributed by atoms with Gasteiger partial charge >= 0.3 is 0 Å². The van der Waals surface area contributed by atoms with E-state index in [9.17, 15) is 0 Å². The number of aromatic nitrogens is 2. The van der Waals surface area contributed by atoms with Crippen molar-refractivity contribution < 1.29 is 0 Å². The summed E-state index contributed by atoms with van der Waals surface area (Å²) in [5, 5.41) is 4.96. The molecule has 0 spiro atoms. The van der Waals surface area contributed by atoms with Gasteiger partial charge in [-0.1, -0.05) is 182 Å². The third kappa shape index (κ3) is 6.90. The van der Waals surface area contributed by atoms with Crippen molar-refractivity contribution in [2.24, 2.45) is 0 Å². The van der Waals surface area contributed by atoms with Gasteiger partial charge in [0.25, 0.3) is 0 Å². The summed E-state index contributed by atoms with van der Waals surface area (Å²) >= 11 is 0. The van der Waals surface area contributed by atoms with Crippen LogP contribution in [-0.4, -0.2) is 9.13 Å². The van der Waals surface area contributed by atoms with E-state index in [0.717, 1.165) is 11.4 Å². The van der Waals surface area contributed by atoms with E-state index in [1.54, 1.807) is 0 Å². The van der Waals surface area contributed by atoms with Crippen LogP contribution in [0.5, 0.6) is 0 Å². The molecule has 0 aliphatic carbocycles. The first kappa shape index (κ1) is 39.4. The highest BCUT2D eigenvalue weighted by Crippen LogP contribution is 2.40. The van der Waals surface area contributed by atoms with E-state index in [2.05, 4.69) is 276 Å². The Kier molecular flexibility index (Phi) is 9.54. The largest absolute Gasteiger partial charge is 0.309 e. The van der Waals surface area contributed by atoms with Gasteiger partial charge in [-0.05, 0) is 152 Å². The summed E-state index contributed by atoms with van der Waals surface area (Å²) < 4.78 is 4.83. The zero-order valence-electron chi connectivity index (χ0n) is 37.3. The van der Waals surface area contributed by atoms with Crippen LogP contribution in [0.15, 0.2) is 267 Å². The number of hydrogen-bond donors (Lipinski definition) is 0. The van der Waals surface area contributed by atoms with Crippen LogP contribution in [0.3, 0.4) is 0 Å². The van der Waals surface area contributed by atoms with Crippen molar-refractivity contribution in [2.45, 2.75) is 0 Å². The Hall–Kier alpha value is -8.98. The van der Waals surface area contributed by atoms with Gasteiger partial charge in [-0.15, -0.1) is 0 Å². The minimum Gasteiger partial charge on any atom is -0.309 e. The molecule has 2 nitrogen and oxygen atoms in total. The summed E-state index contributed by atoms with van der Waals surface area (Å²) in [6, 6.07) is 97.4. The quantitative estimate of drug-likeness (QED) is 0.144. The highest BCUT2D eigenvalue weighted by Gasteiger charge is 2.17. The maximum atomic E-state index is 2.42. The molecular formula is C66H44N2. The van der Waals surface area contributed by atoms with Gasteiger partial charge in [0, 0.05) is 32.9 Å². The molecule has 2 heterocycles. The second-order valence-corrected chi connectivity index (χ2v) is 17.7. The van der Waals surface area contributed by atoms with Gasteiger partial charge < -0.3 is 9.13 Å². The molecule has 68 heavy (non-hydrogen) atoms. The molecule has 0 N–H and O–H groups in total. The van der Waals surface area contributed by atoms with Crippen molar-refractivity contribution in [3.63, 3.8) is 0 Å². The monoisotopic (exact) mass is 864 g/mol. The minimum absolute atomic E-state index is 1.14. The third-order valence-corrected chi connectivity index (χ3v) is 13.7. The molecule has 0 bridgehead atoms. The van der Waals surface area contributed by atoms with Crippen molar-refractivity contribution in [1.82, 2.24) is 9.13 Å². The van der Waals surface area contributed by atoms with Gasteiger partial charge in [0.15, 0.2) is 0 Å². The Bertz CT molecular complexity index is 3930. The van der Waals surface area contributed by atoms with Crippen LogP contribution in [0.2, 0.25) is 0 Å². The molecule has 0 unspecified atom stereocenters. The lowest BCUT2D eigenvalue weighted by molar-refractivity contribution is 1.18. The molecule has 2 aromatic heterocycles. The van der Waals surface area contributed by atoms with E-state index >= 15 is 0 Å². The predicted molar refractivity (Wildman–Crippen MR) is 288 cm³/mol. The average molecular weight is 865 g/mol. The second-order valence-electron chi connectivity index (χ2n) is 17.7. The molecule has 11 aromatic carbocycles. The predicted octanol–water partition coefficient (Wildman–Crippen LogP) is 17.9.